The number of benzene rings is 2. The molecule has 0 saturated heterocycles. The first-order valence-corrected chi connectivity index (χ1v) is 12.3. The molecule has 0 spiro atoms. The number of carbonyl (C=O) groups excluding carboxylic acids is 2. The van der Waals surface area contributed by atoms with Crippen molar-refractivity contribution < 1.29 is 19.1 Å². The van der Waals surface area contributed by atoms with Gasteiger partial charge in [-0.05, 0) is 47.2 Å². The Morgan fingerprint density at radius 1 is 1.06 bits per heavy atom. The standard InChI is InChI=1S/C28H28N2O5S/c1-16-23(26(33)34-6)24(19-9-13-21(14-10-19)35-17(2)31)30-25(32)22(36-27(30)29-16)15-18-7-11-20(12-8-18)28(3,4)5/h7-15,24H,1-6H3/b22-15-/t24-/m0/s1. The summed E-state index contributed by atoms with van der Waals surface area (Å²) < 4.78 is 12.2. The Bertz CT molecular complexity index is 1540. The fraction of sp³-hybridized carbons (Fsp3) is 0.286. The van der Waals surface area contributed by atoms with E-state index in [2.05, 4.69) is 37.9 Å². The van der Waals surface area contributed by atoms with E-state index in [0.29, 0.717) is 26.3 Å². The third kappa shape index (κ3) is 4.95. The van der Waals surface area contributed by atoms with E-state index in [9.17, 15) is 14.4 Å². The van der Waals surface area contributed by atoms with E-state index in [0.717, 1.165) is 5.56 Å². The number of hydrogen-bond acceptors (Lipinski definition) is 7. The molecule has 0 radical (unpaired) electrons. The molecule has 1 aromatic heterocycles. The van der Waals surface area contributed by atoms with Gasteiger partial charge in [0.2, 0.25) is 0 Å². The van der Waals surface area contributed by atoms with E-state index in [-0.39, 0.29) is 16.5 Å². The zero-order valence-corrected chi connectivity index (χ0v) is 21.9. The molecule has 186 valence electrons. The lowest BCUT2D eigenvalue weighted by Gasteiger charge is -2.24. The van der Waals surface area contributed by atoms with Crippen LogP contribution < -0.4 is 19.6 Å². The maximum atomic E-state index is 13.6. The number of esters is 2. The minimum Gasteiger partial charge on any atom is -0.466 e. The molecular weight excluding hydrogens is 476 g/mol. The third-order valence-electron chi connectivity index (χ3n) is 5.96. The first-order valence-electron chi connectivity index (χ1n) is 11.5. The van der Waals surface area contributed by atoms with Gasteiger partial charge in [0.15, 0.2) is 4.80 Å². The summed E-state index contributed by atoms with van der Waals surface area (Å²) in [6.45, 7) is 9.51. The number of nitrogens with zero attached hydrogens (tertiary/aromatic N) is 2. The number of methoxy groups -OCH3 is 1. The van der Waals surface area contributed by atoms with E-state index in [1.165, 1.54) is 35.5 Å². The molecule has 0 unspecified atom stereocenters. The highest BCUT2D eigenvalue weighted by Gasteiger charge is 2.33. The Morgan fingerprint density at radius 2 is 1.69 bits per heavy atom. The van der Waals surface area contributed by atoms with Crippen LogP contribution in [0.2, 0.25) is 0 Å². The molecule has 0 bridgehead atoms. The lowest BCUT2D eigenvalue weighted by atomic mass is 9.87. The van der Waals surface area contributed by atoms with Crippen molar-refractivity contribution in [2.24, 2.45) is 4.99 Å². The summed E-state index contributed by atoms with van der Waals surface area (Å²) in [4.78, 5) is 42.8. The average Bonchev–Trinajstić information content (AvgIpc) is 3.12. The molecule has 7 nitrogen and oxygen atoms in total. The van der Waals surface area contributed by atoms with Gasteiger partial charge in [-0.15, -0.1) is 0 Å². The van der Waals surface area contributed by atoms with Crippen molar-refractivity contribution in [2.75, 3.05) is 7.11 Å². The Morgan fingerprint density at radius 3 is 2.25 bits per heavy atom. The Balaban J connectivity index is 1.86. The van der Waals surface area contributed by atoms with Crippen LogP contribution in [0.15, 0.2) is 69.6 Å². The lowest BCUT2D eigenvalue weighted by Crippen LogP contribution is -2.39. The Labute approximate surface area is 213 Å². The summed E-state index contributed by atoms with van der Waals surface area (Å²) in [6.07, 6.45) is 1.84. The zero-order valence-electron chi connectivity index (χ0n) is 21.1. The predicted octanol–water partition coefficient (Wildman–Crippen LogP) is 3.63. The highest BCUT2D eigenvalue weighted by molar-refractivity contribution is 7.07. The molecule has 4 rings (SSSR count). The van der Waals surface area contributed by atoms with Crippen LogP contribution in [0, 0.1) is 0 Å². The molecular formula is C28H28N2O5S. The minimum absolute atomic E-state index is 0.0324. The largest absolute Gasteiger partial charge is 0.466 e. The van der Waals surface area contributed by atoms with Crippen molar-refractivity contribution in [1.29, 1.82) is 0 Å². The molecule has 0 amide bonds. The van der Waals surface area contributed by atoms with Gasteiger partial charge in [0.25, 0.3) is 5.56 Å². The molecule has 8 heteroatoms. The number of rotatable bonds is 4. The summed E-state index contributed by atoms with van der Waals surface area (Å²) in [5.74, 6) is -0.618. The van der Waals surface area contributed by atoms with Crippen LogP contribution >= 0.6 is 11.3 Å². The smallest absolute Gasteiger partial charge is 0.338 e. The van der Waals surface area contributed by atoms with Crippen LogP contribution in [0.1, 0.15) is 57.4 Å². The van der Waals surface area contributed by atoms with Crippen molar-refractivity contribution in [3.8, 4) is 5.75 Å². The number of aromatic nitrogens is 1. The number of allylic oxidation sites excluding steroid dienone is 1. The summed E-state index contributed by atoms with van der Waals surface area (Å²) in [5.41, 5.74) is 3.33. The molecule has 1 aliphatic rings. The number of ether oxygens (including phenoxy) is 2. The van der Waals surface area contributed by atoms with Gasteiger partial charge < -0.3 is 9.47 Å². The summed E-state index contributed by atoms with van der Waals surface area (Å²) in [7, 11) is 1.30. The number of hydrogen-bond donors (Lipinski definition) is 0. The van der Waals surface area contributed by atoms with Crippen molar-refractivity contribution >= 4 is 29.4 Å². The quantitative estimate of drug-likeness (QED) is 0.400. The Kier molecular flexibility index (Phi) is 6.82. The van der Waals surface area contributed by atoms with Crippen molar-refractivity contribution in [2.45, 2.75) is 46.1 Å². The topological polar surface area (TPSA) is 87.0 Å². The predicted molar refractivity (Wildman–Crippen MR) is 139 cm³/mol. The first kappa shape index (κ1) is 25.3. The first-order chi connectivity index (χ1) is 17.0. The summed E-state index contributed by atoms with van der Waals surface area (Å²) >= 11 is 1.27. The van der Waals surface area contributed by atoms with Crippen LogP contribution in [0.25, 0.3) is 6.08 Å². The van der Waals surface area contributed by atoms with Gasteiger partial charge in [-0.2, -0.15) is 0 Å². The maximum Gasteiger partial charge on any atom is 0.338 e. The van der Waals surface area contributed by atoms with Gasteiger partial charge in [0, 0.05) is 6.92 Å². The van der Waals surface area contributed by atoms with Gasteiger partial charge in [0.05, 0.1) is 29.0 Å². The van der Waals surface area contributed by atoms with Crippen LogP contribution in [0.5, 0.6) is 5.75 Å². The average molecular weight is 505 g/mol. The fourth-order valence-corrected chi connectivity index (χ4v) is 5.17. The summed E-state index contributed by atoms with van der Waals surface area (Å²) in [6, 6.07) is 14.1. The molecule has 0 N–H and O–H groups in total. The van der Waals surface area contributed by atoms with Crippen molar-refractivity contribution in [3.63, 3.8) is 0 Å². The van der Waals surface area contributed by atoms with Crippen molar-refractivity contribution in [3.05, 3.63) is 96.2 Å². The molecule has 0 fully saturated rings. The maximum absolute atomic E-state index is 13.6. The van der Waals surface area contributed by atoms with Gasteiger partial charge >= 0.3 is 11.9 Å². The molecule has 2 heterocycles. The van der Waals surface area contributed by atoms with E-state index in [4.69, 9.17) is 9.47 Å². The van der Waals surface area contributed by atoms with Crippen LogP contribution in [-0.2, 0) is 19.7 Å². The van der Waals surface area contributed by atoms with E-state index in [1.807, 2.05) is 18.2 Å². The molecule has 3 aromatic rings. The number of carbonyl (C=O) groups is 2. The normalized spacial score (nSPS) is 15.8. The monoisotopic (exact) mass is 504 g/mol. The molecule has 0 aliphatic carbocycles. The Hall–Kier alpha value is -3.78. The van der Waals surface area contributed by atoms with E-state index < -0.39 is 18.0 Å². The van der Waals surface area contributed by atoms with Gasteiger partial charge in [-0.25, -0.2) is 9.79 Å². The second kappa shape index (κ2) is 9.70. The molecule has 36 heavy (non-hydrogen) atoms. The SMILES string of the molecule is COC(=O)C1=C(C)N=c2s/c(=C\c3ccc(C(C)(C)C)cc3)c(=O)n2[C@H]1c1ccc(OC(C)=O)cc1. The van der Waals surface area contributed by atoms with Crippen molar-refractivity contribution in [1.82, 2.24) is 4.57 Å². The van der Waals surface area contributed by atoms with E-state index in [1.54, 1.807) is 31.2 Å². The van der Waals surface area contributed by atoms with Gasteiger partial charge in [-0.3, -0.25) is 14.2 Å². The fourth-order valence-electron chi connectivity index (χ4n) is 4.12. The zero-order chi connectivity index (χ0) is 26.2. The molecule has 1 atom stereocenters. The minimum atomic E-state index is -0.731. The second-order valence-corrected chi connectivity index (χ2v) is 10.6. The molecule has 2 aromatic carbocycles. The summed E-state index contributed by atoms with van der Waals surface area (Å²) in [5, 5.41) is 0. The van der Waals surface area contributed by atoms with Crippen LogP contribution in [-0.4, -0.2) is 23.6 Å². The molecule has 0 saturated carbocycles. The highest BCUT2D eigenvalue weighted by Crippen LogP contribution is 2.31. The number of thiazole rings is 1. The highest BCUT2D eigenvalue weighted by atomic mass is 32.1. The third-order valence-corrected chi connectivity index (χ3v) is 6.94. The number of fused-ring (bicyclic) bond motifs is 1. The van der Waals surface area contributed by atoms with Crippen LogP contribution in [0.4, 0.5) is 0 Å². The van der Waals surface area contributed by atoms with Crippen LogP contribution in [0.3, 0.4) is 0 Å². The van der Waals surface area contributed by atoms with E-state index >= 15 is 0 Å². The van der Waals surface area contributed by atoms with Gasteiger partial charge in [-0.1, -0.05) is 68.5 Å². The lowest BCUT2D eigenvalue weighted by molar-refractivity contribution is -0.136. The second-order valence-electron chi connectivity index (χ2n) is 9.61. The molecule has 1 aliphatic heterocycles. The van der Waals surface area contributed by atoms with Gasteiger partial charge in [0.1, 0.15) is 5.75 Å².